The summed E-state index contributed by atoms with van der Waals surface area (Å²) in [6.07, 6.45) is 8.01. The average Bonchev–Trinajstić information content (AvgIpc) is 2.55. The summed E-state index contributed by atoms with van der Waals surface area (Å²) in [5, 5.41) is 2.87. The highest BCUT2D eigenvalue weighted by Gasteiger charge is 2.24. The zero-order valence-electron chi connectivity index (χ0n) is 12.8. The lowest BCUT2D eigenvalue weighted by molar-refractivity contribution is 0.152. The molecule has 2 rings (SSSR count). The van der Waals surface area contributed by atoms with Crippen molar-refractivity contribution in [2.45, 2.75) is 38.6 Å². The van der Waals surface area contributed by atoms with Crippen LogP contribution in [0.15, 0.2) is 30.5 Å². The third-order valence-electron chi connectivity index (χ3n) is 3.97. The first-order chi connectivity index (χ1) is 10.3. The third-order valence-corrected chi connectivity index (χ3v) is 3.97. The monoisotopic (exact) mass is 288 g/mol. The molecule has 1 aromatic rings. The Labute approximate surface area is 126 Å². The van der Waals surface area contributed by atoms with Gasteiger partial charge in [-0.25, -0.2) is 4.79 Å². The van der Waals surface area contributed by atoms with Gasteiger partial charge in [0, 0.05) is 24.4 Å². The number of rotatable bonds is 4. The fraction of sp³-hybridized carbons (Fsp3) is 0.471. The van der Waals surface area contributed by atoms with Crippen molar-refractivity contribution in [2.24, 2.45) is 0 Å². The molecule has 1 heterocycles. The van der Waals surface area contributed by atoms with Gasteiger partial charge >= 0.3 is 6.03 Å². The lowest BCUT2D eigenvalue weighted by Crippen LogP contribution is -2.47. The maximum atomic E-state index is 12.2. The largest absolute Gasteiger partial charge is 0.496 e. The molecule has 1 aromatic carbocycles. The number of nitrogens with one attached hydrogen (secondary N) is 1. The van der Waals surface area contributed by atoms with E-state index in [4.69, 9.17) is 4.74 Å². The first kappa shape index (κ1) is 15.4. The molecule has 114 valence electrons. The minimum atomic E-state index is -0.00676. The van der Waals surface area contributed by atoms with Crippen LogP contribution in [-0.4, -0.2) is 30.6 Å². The third kappa shape index (κ3) is 4.00. The van der Waals surface area contributed by atoms with Gasteiger partial charge in [-0.05, 0) is 37.8 Å². The Hall–Kier alpha value is -1.97. The summed E-state index contributed by atoms with van der Waals surface area (Å²) in [5.41, 5.74) is 0.950. The molecule has 0 saturated carbocycles. The predicted molar refractivity (Wildman–Crippen MR) is 85.2 cm³/mol. The van der Waals surface area contributed by atoms with Crippen LogP contribution in [0.2, 0.25) is 0 Å². The van der Waals surface area contributed by atoms with Crippen LogP contribution in [-0.2, 0) is 0 Å². The van der Waals surface area contributed by atoms with Crippen LogP contribution < -0.4 is 10.1 Å². The Morgan fingerprint density at radius 2 is 2.24 bits per heavy atom. The minimum absolute atomic E-state index is 0.00676. The maximum Gasteiger partial charge on any atom is 0.321 e. The molecule has 1 atom stereocenters. The molecule has 1 N–H and O–H groups in total. The van der Waals surface area contributed by atoms with Crippen LogP contribution in [0, 0.1) is 0 Å². The zero-order valence-corrected chi connectivity index (χ0v) is 12.8. The average molecular weight is 288 g/mol. The second-order valence-electron chi connectivity index (χ2n) is 5.28. The highest BCUT2D eigenvalue weighted by molar-refractivity contribution is 5.76. The van der Waals surface area contributed by atoms with E-state index in [9.17, 15) is 4.79 Å². The first-order valence-electron chi connectivity index (χ1n) is 7.63. The zero-order chi connectivity index (χ0) is 15.1. The van der Waals surface area contributed by atoms with Crippen molar-refractivity contribution in [1.82, 2.24) is 10.2 Å². The summed E-state index contributed by atoms with van der Waals surface area (Å²) in [4.78, 5) is 14.2. The van der Waals surface area contributed by atoms with Crippen molar-refractivity contribution in [3.63, 3.8) is 0 Å². The maximum absolute atomic E-state index is 12.2. The summed E-state index contributed by atoms with van der Waals surface area (Å²) < 4.78 is 5.28. The Morgan fingerprint density at radius 3 is 3.00 bits per heavy atom. The fourth-order valence-electron chi connectivity index (χ4n) is 2.78. The van der Waals surface area contributed by atoms with E-state index in [-0.39, 0.29) is 6.03 Å². The number of para-hydroxylation sites is 1. The van der Waals surface area contributed by atoms with Crippen LogP contribution in [0.5, 0.6) is 5.75 Å². The van der Waals surface area contributed by atoms with E-state index < -0.39 is 0 Å². The molecule has 4 nitrogen and oxygen atoms in total. The second-order valence-corrected chi connectivity index (χ2v) is 5.28. The number of likely N-dealkylation sites (tertiary alicyclic amines) is 1. The molecule has 1 fully saturated rings. The molecule has 0 aromatic heterocycles. The molecule has 1 saturated heterocycles. The van der Waals surface area contributed by atoms with Crippen molar-refractivity contribution in [3.8, 4) is 5.75 Å². The highest BCUT2D eigenvalue weighted by atomic mass is 16.5. The molecule has 0 aliphatic carbocycles. The molecule has 1 aliphatic heterocycles. The molecule has 0 radical (unpaired) electrons. The van der Waals surface area contributed by atoms with Crippen LogP contribution in [0.25, 0.3) is 6.08 Å². The van der Waals surface area contributed by atoms with Gasteiger partial charge in [0.05, 0.1) is 7.11 Å². The second kappa shape index (κ2) is 7.72. The van der Waals surface area contributed by atoms with Gasteiger partial charge in [0.15, 0.2) is 0 Å². The van der Waals surface area contributed by atoms with Gasteiger partial charge in [0.1, 0.15) is 5.75 Å². The van der Waals surface area contributed by atoms with Gasteiger partial charge in [-0.3, -0.25) is 0 Å². The summed E-state index contributed by atoms with van der Waals surface area (Å²) in [7, 11) is 1.64. The number of piperidine rings is 1. The molecule has 1 aliphatic rings. The lowest BCUT2D eigenvalue weighted by Gasteiger charge is -2.34. The summed E-state index contributed by atoms with van der Waals surface area (Å²) in [6.45, 7) is 2.99. The van der Waals surface area contributed by atoms with E-state index in [2.05, 4.69) is 12.2 Å². The van der Waals surface area contributed by atoms with Crippen molar-refractivity contribution in [2.75, 3.05) is 13.7 Å². The van der Waals surface area contributed by atoms with E-state index in [1.54, 1.807) is 13.3 Å². The van der Waals surface area contributed by atoms with E-state index in [0.29, 0.717) is 6.04 Å². The van der Waals surface area contributed by atoms with Crippen LogP contribution in [0.4, 0.5) is 4.79 Å². The Morgan fingerprint density at radius 1 is 1.43 bits per heavy atom. The number of methoxy groups -OCH3 is 1. The standard InChI is InChI=1S/C17H24N2O2/c1-3-15-9-6-7-13-19(15)17(20)18-12-11-14-8-4-5-10-16(14)21-2/h4-5,8,10-12,15H,3,6-7,9,13H2,1-2H3,(H,18,20)/b12-11+. The molecule has 0 spiro atoms. The van der Waals surface area contributed by atoms with Gasteiger partial charge < -0.3 is 15.0 Å². The molecule has 0 bridgehead atoms. The normalized spacial score (nSPS) is 18.8. The Bertz CT molecular complexity index is 499. The quantitative estimate of drug-likeness (QED) is 0.919. The molecular weight excluding hydrogens is 264 g/mol. The van der Waals surface area contributed by atoms with E-state index >= 15 is 0 Å². The first-order valence-corrected chi connectivity index (χ1v) is 7.63. The summed E-state index contributed by atoms with van der Waals surface area (Å²) >= 11 is 0. The highest BCUT2D eigenvalue weighted by Crippen LogP contribution is 2.20. The van der Waals surface area contributed by atoms with Crippen molar-refractivity contribution < 1.29 is 9.53 Å². The van der Waals surface area contributed by atoms with E-state index in [0.717, 1.165) is 37.1 Å². The van der Waals surface area contributed by atoms with Crippen molar-refractivity contribution >= 4 is 12.1 Å². The SMILES string of the molecule is CCC1CCCCN1C(=O)N/C=C/c1ccccc1OC. The van der Waals surface area contributed by atoms with Crippen LogP contribution in [0.1, 0.15) is 38.2 Å². The number of nitrogens with zero attached hydrogens (tertiary/aromatic N) is 1. The van der Waals surface area contributed by atoms with Crippen molar-refractivity contribution in [3.05, 3.63) is 36.0 Å². The number of hydrogen-bond acceptors (Lipinski definition) is 2. The lowest BCUT2D eigenvalue weighted by atomic mass is 10.0. The molecule has 1 unspecified atom stereocenters. The van der Waals surface area contributed by atoms with Gasteiger partial charge in [-0.2, -0.15) is 0 Å². The summed E-state index contributed by atoms with van der Waals surface area (Å²) in [5.74, 6) is 0.799. The van der Waals surface area contributed by atoms with Gasteiger partial charge in [0.2, 0.25) is 0 Å². The number of carbonyl (C=O) groups is 1. The van der Waals surface area contributed by atoms with Gasteiger partial charge in [-0.1, -0.05) is 25.1 Å². The number of hydrogen-bond donors (Lipinski definition) is 1. The van der Waals surface area contributed by atoms with Crippen molar-refractivity contribution in [1.29, 1.82) is 0 Å². The number of benzene rings is 1. The Balaban J connectivity index is 1.95. The summed E-state index contributed by atoms with van der Waals surface area (Å²) in [6, 6.07) is 8.10. The molecule has 2 amide bonds. The molecule has 21 heavy (non-hydrogen) atoms. The van der Waals surface area contributed by atoms with Gasteiger partial charge in [-0.15, -0.1) is 0 Å². The molecular formula is C17H24N2O2. The number of ether oxygens (including phenoxy) is 1. The smallest absolute Gasteiger partial charge is 0.321 e. The van der Waals surface area contributed by atoms with E-state index in [1.807, 2.05) is 35.2 Å². The minimum Gasteiger partial charge on any atom is -0.496 e. The van der Waals surface area contributed by atoms with Crippen LogP contribution >= 0.6 is 0 Å². The van der Waals surface area contributed by atoms with Crippen LogP contribution in [0.3, 0.4) is 0 Å². The van der Waals surface area contributed by atoms with E-state index in [1.165, 1.54) is 6.42 Å². The number of urea groups is 1. The predicted octanol–water partition coefficient (Wildman–Crippen LogP) is 3.64. The topological polar surface area (TPSA) is 41.6 Å². The Kier molecular flexibility index (Phi) is 5.67. The fourth-order valence-corrected chi connectivity index (χ4v) is 2.78. The number of carbonyl (C=O) groups excluding carboxylic acids is 1. The molecule has 4 heteroatoms. The van der Waals surface area contributed by atoms with Gasteiger partial charge in [0.25, 0.3) is 0 Å². The number of amides is 2.